The predicted molar refractivity (Wildman–Crippen MR) is 93.5 cm³/mol. The third-order valence-corrected chi connectivity index (χ3v) is 4.13. The molecule has 7 heteroatoms. The van der Waals surface area contributed by atoms with Crippen LogP contribution in [0.5, 0.6) is 5.75 Å². The van der Waals surface area contributed by atoms with E-state index in [-0.39, 0.29) is 18.4 Å². The van der Waals surface area contributed by atoms with Crippen molar-refractivity contribution in [1.82, 2.24) is 4.90 Å². The molecule has 0 unspecified atom stereocenters. The zero-order chi connectivity index (χ0) is 18.5. The number of amides is 2. The lowest BCUT2D eigenvalue weighted by Gasteiger charge is -2.28. The summed E-state index contributed by atoms with van der Waals surface area (Å²) in [6, 6.07) is 11.5. The molecule has 136 valence electrons. The number of carbonyl (C=O) groups is 2. The number of fused-ring (bicyclic) bond motifs is 1. The molecular weight excluding hydrogens is 339 g/mol. The molecule has 0 saturated carbocycles. The Kier molecular flexibility index (Phi) is 5.36. The lowest BCUT2D eigenvalue weighted by molar-refractivity contribution is -0.118. The first kappa shape index (κ1) is 17.7. The molecule has 0 aromatic heterocycles. The summed E-state index contributed by atoms with van der Waals surface area (Å²) >= 11 is 0. The number of benzene rings is 2. The van der Waals surface area contributed by atoms with E-state index >= 15 is 0 Å². The predicted octanol–water partition coefficient (Wildman–Crippen LogP) is 2.97. The first-order valence-electron chi connectivity index (χ1n) is 8.18. The van der Waals surface area contributed by atoms with E-state index < -0.39 is 11.7 Å². The number of para-hydroxylation sites is 1. The van der Waals surface area contributed by atoms with Crippen molar-refractivity contribution in [2.24, 2.45) is 0 Å². The van der Waals surface area contributed by atoms with E-state index in [1.54, 1.807) is 23.1 Å². The van der Waals surface area contributed by atoms with Crippen LogP contribution < -0.4 is 10.1 Å². The maximum Gasteiger partial charge on any atom is 0.409 e. The largest absolute Gasteiger partial charge is 0.481 e. The molecule has 0 fully saturated rings. The minimum Gasteiger partial charge on any atom is -0.481 e. The van der Waals surface area contributed by atoms with Crippen LogP contribution in [0.4, 0.5) is 14.9 Å². The quantitative estimate of drug-likeness (QED) is 0.912. The van der Waals surface area contributed by atoms with Crippen LogP contribution in [0.2, 0.25) is 0 Å². The van der Waals surface area contributed by atoms with Crippen LogP contribution in [0.25, 0.3) is 0 Å². The van der Waals surface area contributed by atoms with Gasteiger partial charge >= 0.3 is 6.09 Å². The highest BCUT2D eigenvalue weighted by molar-refractivity contribution is 5.92. The Morgan fingerprint density at radius 3 is 2.77 bits per heavy atom. The summed E-state index contributed by atoms with van der Waals surface area (Å²) in [5.41, 5.74) is 2.68. The molecule has 0 bridgehead atoms. The van der Waals surface area contributed by atoms with E-state index in [1.165, 1.54) is 19.2 Å². The van der Waals surface area contributed by atoms with E-state index in [0.717, 1.165) is 17.5 Å². The molecule has 0 atom stereocenters. The Morgan fingerprint density at radius 1 is 1.19 bits per heavy atom. The molecule has 26 heavy (non-hydrogen) atoms. The van der Waals surface area contributed by atoms with Gasteiger partial charge in [-0.05, 0) is 41.8 Å². The van der Waals surface area contributed by atoms with Gasteiger partial charge in [-0.1, -0.05) is 18.2 Å². The van der Waals surface area contributed by atoms with Crippen molar-refractivity contribution in [1.29, 1.82) is 0 Å². The van der Waals surface area contributed by atoms with Crippen molar-refractivity contribution < 1.29 is 23.5 Å². The standard InChI is InChI=1S/C19H19FN2O4/c1-25-19(24)22-9-8-13-6-7-15(10-14(13)11-22)21-18(23)12-26-17-5-3-2-4-16(17)20/h2-7,10H,8-9,11-12H2,1H3,(H,21,23). The topological polar surface area (TPSA) is 67.9 Å². The van der Waals surface area contributed by atoms with Gasteiger partial charge in [-0.15, -0.1) is 0 Å². The number of nitrogens with zero attached hydrogens (tertiary/aromatic N) is 1. The number of hydrogen-bond acceptors (Lipinski definition) is 4. The van der Waals surface area contributed by atoms with Crippen molar-refractivity contribution in [3.63, 3.8) is 0 Å². The molecule has 0 saturated heterocycles. The van der Waals surface area contributed by atoms with Gasteiger partial charge < -0.3 is 19.7 Å². The third-order valence-electron chi connectivity index (χ3n) is 4.13. The summed E-state index contributed by atoms with van der Waals surface area (Å²) < 4.78 is 23.4. The van der Waals surface area contributed by atoms with Gasteiger partial charge in [-0.2, -0.15) is 0 Å². The molecule has 1 N–H and O–H groups in total. The first-order chi connectivity index (χ1) is 12.6. The Hall–Kier alpha value is -3.09. The lowest BCUT2D eigenvalue weighted by Crippen LogP contribution is -2.35. The SMILES string of the molecule is COC(=O)N1CCc2ccc(NC(=O)COc3ccccc3F)cc2C1. The minimum atomic E-state index is -0.517. The normalized spacial score (nSPS) is 12.9. The van der Waals surface area contributed by atoms with Crippen LogP contribution in [0.1, 0.15) is 11.1 Å². The Bertz CT molecular complexity index is 825. The zero-order valence-corrected chi connectivity index (χ0v) is 14.3. The van der Waals surface area contributed by atoms with Crippen LogP contribution >= 0.6 is 0 Å². The molecule has 1 heterocycles. The van der Waals surface area contributed by atoms with E-state index in [0.29, 0.717) is 18.8 Å². The first-order valence-corrected chi connectivity index (χ1v) is 8.18. The summed E-state index contributed by atoms with van der Waals surface area (Å²) in [6.45, 7) is 0.728. The van der Waals surface area contributed by atoms with Crippen LogP contribution in [0.3, 0.4) is 0 Å². The number of rotatable bonds is 4. The molecular formula is C19H19FN2O4. The number of ether oxygens (including phenoxy) is 2. The van der Waals surface area contributed by atoms with Gasteiger partial charge in [-0.25, -0.2) is 9.18 Å². The van der Waals surface area contributed by atoms with Crippen LogP contribution in [0.15, 0.2) is 42.5 Å². The molecule has 6 nitrogen and oxygen atoms in total. The van der Waals surface area contributed by atoms with Gasteiger partial charge in [0.25, 0.3) is 5.91 Å². The van der Waals surface area contributed by atoms with Gasteiger partial charge in [-0.3, -0.25) is 4.79 Å². The van der Waals surface area contributed by atoms with Crippen molar-refractivity contribution in [3.8, 4) is 5.75 Å². The summed E-state index contributed by atoms with van der Waals surface area (Å²) in [7, 11) is 1.35. The number of anilines is 1. The number of nitrogens with one attached hydrogen (secondary N) is 1. The summed E-state index contributed by atoms with van der Waals surface area (Å²) in [5, 5.41) is 2.72. The third kappa shape index (κ3) is 4.11. The summed E-state index contributed by atoms with van der Waals surface area (Å²) in [4.78, 5) is 25.3. The molecule has 2 amide bonds. The van der Waals surface area contributed by atoms with Crippen molar-refractivity contribution in [2.45, 2.75) is 13.0 Å². The number of methoxy groups -OCH3 is 1. The molecule has 0 aliphatic carbocycles. The fourth-order valence-corrected chi connectivity index (χ4v) is 2.82. The minimum absolute atomic E-state index is 0.0295. The van der Waals surface area contributed by atoms with Crippen molar-refractivity contribution in [3.05, 3.63) is 59.4 Å². The Morgan fingerprint density at radius 2 is 2.00 bits per heavy atom. The van der Waals surface area contributed by atoms with E-state index in [9.17, 15) is 14.0 Å². The number of hydrogen-bond donors (Lipinski definition) is 1. The van der Waals surface area contributed by atoms with Crippen molar-refractivity contribution in [2.75, 3.05) is 25.6 Å². The van der Waals surface area contributed by atoms with Gasteiger partial charge in [0.1, 0.15) is 0 Å². The number of carbonyl (C=O) groups excluding carboxylic acids is 2. The molecule has 0 spiro atoms. The molecule has 1 aliphatic heterocycles. The van der Waals surface area contributed by atoms with Crippen LogP contribution in [0, 0.1) is 5.82 Å². The van der Waals surface area contributed by atoms with E-state index in [2.05, 4.69) is 5.32 Å². The average Bonchev–Trinajstić information content (AvgIpc) is 2.66. The van der Waals surface area contributed by atoms with Crippen molar-refractivity contribution >= 4 is 17.7 Å². The second-order valence-electron chi connectivity index (χ2n) is 5.89. The fourth-order valence-electron chi connectivity index (χ4n) is 2.82. The van der Waals surface area contributed by atoms with E-state index in [1.807, 2.05) is 12.1 Å². The highest BCUT2D eigenvalue weighted by atomic mass is 19.1. The van der Waals surface area contributed by atoms with Gasteiger partial charge in [0.15, 0.2) is 18.2 Å². The van der Waals surface area contributed by atoms with E-state index in [4.69, 9.17) is 9.47 Å². The lowest BCUT2D eigenvalue weighted by atomic mass is 9.99. The fraction of sp³-hybridized carbons (Fsp3) is 0.263. The maximum atomic E-state index is 13.5. The highest BCUT2D eigenvalue weighted by Crippen LogP contribution is 2.23. The number of halogens is 1. The average molecular weight is 358 g/mol. The highest BCUT2D eigenvalue weighted by Gasteiger charge is 2.21. The maximum absolute atomic E-state index is 13.5. The second-order valence-corrected chi connectivity index (χ2v) is 5.89. The molecule has 3 rings (SSSR count). The molecule has 2 aromatic rings. The Labute approximate surface area is 150 Å². The second kappa shape index (κ2) is 7.86. The zero-order valence-electron chi connectivity index (χ0n) is 14.3. The van der Waals surface area contributed by atoms with Gasteiger partial charge in [0, 0.05) is 18.8 Å². The molecule has 2 aromatic carbocycles. The van der Waals surface area contributed by atoms with Gasteiger partial charge in [0.05, 0.1) is 7.11 Å². The monoisotopic (exact) mass is 358 g/mol. The van der Waals surface area contributed by atoms with Gasteiger partial charge in [0.2, 0.25) is 0 Å². The smallest absolute Gasteiger partial charge is 0.409 e. The molecule has 0 radical (unpaired) electrons. The Balaban J connectivity index is 1.61. The van der Waals surface area contributed by atoms with Crippen LogP contribution in [-0.4, -0.2) is 37.2 Å². The summed E-state index contributed by atoms with van der Waals surface area (Å²) in [5.74, 6) is -0.882. The summed E-state index contributed by atoms with van der Waals surface area (Å²) in [6.07, 6.45) is 0.359. The molecule has 1 aliphatic rings. The van der Waals surface area contributed by atoms with Crippen LogP contribution in [-0.2, 0) is 22.5 Å².